The molecule has 0 aliphatic heterocycles. The summed E-state index contributed by atoms with van der Waals surface area (Å²) in [5.74, 6) is 0.725. The van der Waals surface area contributed by atoms with Gasteiger partial charge in [-0.1, -0.05) is 12.1 Å². The van der Waals surface area contributed by atoms with E-state index in [0.29, 0.717) is 19.0 Å². The van der Waals surface area contributed by atoms with Crippen molar-refractivity contribution in [3.63, 3.8) is 0 Å². The molecule has 11 heteroatoms. The summed E-state index contributed by atoms with van der Waals surface area (Å²) >= 11 is 0. The first-order chi connectivity index (χ1) is 11.8. The Hall–Kier alpha value is -1.21. The van der Waals surface area contributed by atoms with Crippen LogP contribution in [0.15, 0.2) is 29.3 Å². The molecule has 0 unspecified atom stereocenters. The van der Waals surface area contributed by atoms with Crippen molar-refractivity contribution < 1.29 is 21.9 Å². The Kier molecular flexibility index (Phi) is 11.7. The second-order valence-electron chi connectivity index (χ2n) is 5.15. The van der Waals surface area contributed by atoms with Crippen LogP contribution in [0.4, 0.5) is 8.78 Å². The van der Waals surface area contributed by atoms with Crippen LogP contribution in [0.5, 0.6) is 5.75 Å². The van der Waals surface area contributed by atoms with Crippen molar-refractivity contribution in [1.29, 1.82) is 0 Å². The number of rotatable bonds is 9. The van der Waals surface area contributed by atoms with Crippen molar-refractivity contribution in [1.82, 2.24) is 14.9 Å². The van der Waals surface area contributed by atoms with Crippen molar-refractivity contribution in [3.8, 4) is 5.75 Å². The highest BCUT2D eigenvalue weighted by atomic mass is 127. The first kappa shape index (κ1) is 24.8. The average Bonchev–Trinajstić information content (AvgIpc) is 2.56. The van der Waals surface area contributed by atoms with Gasteiger partial charge < -0.3 is 15.0 Å². The summed E-state index contributed by atoms with van der Waals surface area (Å²) in [6.45, 7) is -0.142. The molecular weight excluding hydrogens is 481 g/mol. The zero-order valence-corrected chi connectivity index (χ0v) is 18.1. The first-order valence-corrected chi connectivity index (χ1v) is 9.35. The van der Waals surface area contributed by atoms with E-state index in [0.717, 1.165) is 5.56 Å². The number of ether oxygens (including phenoxy) is 1. The van der Waals surface area contributed by atoms with Gasteiger partial charge in [-0.25, -0.2) is 13.1 Å². The molecule has 0 heterocycles. The van der Waals surface area contributed by atoms with Crippen LogP contribution in [0.2, 0.25) is 0 Å². The monoisotopic (exact) mass is 506 g/mol. The number of sulfonamides is 1. The van der Waals surface area contributed by atoms with Gasteiger partial charge in [-0.2, -0.15) is 8.78 Å². The normalized spacial score (nSPS) is 11.8. The SMILES string of the molecule is CCS(=O)(=O)NCCNC(=NC)N(C)Cc1ccc(OC(F)F)cc1.I. The molecule has 0 spiro atoms. The third-order valence-corrected chi connectivity index (χ3v) is 4.66. The second kappa shape index (κ2) is 12.2. The molecule has 0 atom stereocenters. The van der Waals surface area contributed by atoms with Gasteiger partial charge in [-0.3, -0.25) is 4.99 Å². The molecule has 0 aromatic heterocycles. The highest BCUT2D eigenvalue weighted by Gasteiger charge is 2.09. The number of benzene rings is 1. The van der Waals surface area contributed by atoms with E-state index in [1.165, 1.54) is 12.1 Å². The minimum atomic E-state index is -3.21. The van der Waals surface area contributed by atoms with Crippen molar-refractivity contribution >= 4 is 40.0 Å². The van der Waals surface area contributed by atoms with Crippen molar-refractivity contribution in [2.24, 2.45) is 4.99 Å². The fourth-order valence-electron chi connectivity index (χ4n) is 1.99. The van der Waals surface area contributed by atoms with Crippen molar-refractivity contribution in [3.05, 3.63) is 29.8 Å². The zero-order chi connectivity index (χ0) is 18.9. The molecule has 1 aromatic rings. The summed E-state index contributed by atoms with van der Waals surface area (Å²) in [6.07, 6.45) is 0. The quantitative estimate of drug-likeness (QED) is 0.231. The van der Waals surface area contributed by atoms with Crippen LogP contribution >= 0.6 is 24.0 Å². The molecule has 1 aromatic carbocycles. The fraction of sp³-hybridized carbons (Fsp3) is 0.533. The molecule has 7 nitrogen and oxygen atoms in total. The van der Waals surface area contributed by atoms with E-state index < -0.39 is 16.6 Å². The van der Waals surface area contributed by atoms with Crippen LogP contribution < -0.4 is 14.8 Å². The summed E-state index contributed by atoms with van der Waals surface area (Å²) in [5, 5.41) is 3.05. The topological polar surface area (TPSA) is 83.0 Å². The number of hydrogen-bond acceptors (Lipinski definition) is 4. The van der Waals surface area contributed by atoms with Crippen molar-refractivity contribution in [2.45, 2.75) is 20.1 Å². The Balaban J connectivity index is 0.00000625. The molecule has 26 heavy (non-hydrogen) atoms. The fourth-order valence-corrected chi connectivity index (χ4v) is 2.61. The van der Waals surface area contributed by atoms with E-state index >= 15 is 0 Å². The predicted molar refractivity (Wildman–Crippen MR) is 109 cm³/mol. The molecule has 1 rings (SSSR count). The van der Waals surface area contributed by atoms with E-state index in [2.05, 4.69) is 19.8 Å². The second-order valence-corrected chi connectivity index (χ2v) is 7.25. The Bertz CT molecular complexity index is 657. The van der Waals surface area contributed by atoms with Gasteiger partial charge in [-0.05, 0) is 24.6 Å². The number of nitrogens with zero attached hydrogens (tertiary/aromatic N) is 2. The largest absolute Gasteiger partial charge is 0.435 e. The van der Waals surface area contributed by atoms with E-state index in [9.17, 15) is 17.2 Å². The van der Waals surface area contributed by atoms with Gasteiger partial charge in [0, 0.05) is 33.7 Å². The molecule has 0 saturated carbocycles. The average molecular weight is 506 g/mol. The number of hydrogen-bond donors (Lipinski definition) is 2. The molecule has 150 valence electrons. The van der Waals surface area contributed by atoms with Crippen LogP contribution in [0.1, 0.15) is 12.5 Å². The summed E-state index contributed by atoms with van der Waals surface area (Å²) in [7, 11) is 0.220. The Morgan fingerprint density at radius 2 is 1.88 bits per heavy atom. The first-order valence-electron chi connectivity index (χ1n) is 7.70. The molecule has 0 radical (unpaired) electrons. The van der Waals surface area contributed by atoms with Gasteiger partial charge in [0.2, 0.25) is 10.0 Å². The van der Waals surface area contributed by atoms with Crippen LogP contribution in [0, 0.1) is 0 Å². The van der Waals surface area contributed by atoms with Crippen LogP contribution in [0.3, 0.4) is 0 Å². The number of halogens is 3. The molecular formula is C15H25F2IN4O3S. The molecule has 2 N–H and O–H groups in total. The zero-order valence-electron chi connectivity index (χ0n) is 14.9. The van der Waals surface area contributed by atoms with Gasteiger partial charge in [0.05, 0.1) is 5.75 Å². The van der Waals surface area contributed by atoms with Gasteiger partial charge >= 0.3 is 6.61 Å². The summed E-state index contributed by atoms with van der Waals surface area (Å²) in [4.78, 5) is 5.96. The lowest BCUT2D eigenvalue weighted by molar-refractivity contribution is -0.0498. The number of nitrogens with one attached hydrogen (secondary N) is 2. The minimum absolute atomic E-state index is 0. The van der Waals surface area contributed by atoms with Gasteiger partial charge in [0.15, 0.2) is 5.96 Å². The Morgan fingerprint density at radius 3 is 2.38 bits per heavy atom. The summed E-state index contributed by atoms with van der Waals surface area (Å²) in [6, 6.07) is 6.34. The molecule has 0 aliphatic carbocycles. The van der Waals surface area contributed by atoms with E-state index in [4.69, 9.17) is 0 Å². The lowest BCUT2D eigenvalue weighted by Crippen LogP contribution is -2.42. The van der Waals surface area contributed by atoms with Gasteiger partial charge in [0.25, 0.3) is 0 Å². The maximum atomic E-state index is 12.1. The molecule has 0 bridgehead atoms. The summed E-state index contributed by atoms with van der Waals surface area (Å²) < 4.78 is 53.7. The highest BCUT2D eigenvalue weighted by molar-refractivity contribution is 14.0. The third-order valence-electron chi connectivity index (χ3n) is 3.25. The van der Waals surface area contributed by atoms with Gasteiger partial charge in [-0.15, -0.1) is 24.0 Å². The molecule has 0 amide bonds. The third kappa shape index (κ3) is 9.48. The van der Waals surface area contributed by atoms with Crippen molar-refractivity contribution in [2.75, 3.05) is 32.9 Å². The Labute approximate surface area is 170 Å². The van der Waals surface area contributed by atoms with Crippen LogP contribution in [-0.2, 0) is 16.6 Å². The smallest absolute Gasteiger partial charge is 0.387 e. The van der Waals surface area contributed by atoms with Gasteiger partial charge in [0.1, 0.15) is 5.75 Å². The number of guanidine groups is 1. The van der Waals surface area contributed by atoms with E-state index in [1.54, 1.807) is 26.1 Å². The lowest BCUT2D eigenvalue weighted by Gasteiger charge is -2.22. The standard InChI is InChI=1S/C15H24F2N4O3S.HI/c1-4-25(22,23)20-10-9-19-15(18-2)21(3)11-12-5-7-13(8-6-12)24-14(16)17;/h5-8,14,20H,4,9-11H2,1-3H3,(H,18,19);1H. The molecule has 0 saturated heterocycles. The Morgan fingerprint density at radius 1 is 1.27 bits per heavy atom. The maximum absolute atomic E-state index is 12.1. The molecule has 0 fully saturated rings. The highest BCUT2D eigenvalue weighted by Crippen LogP contribution is 2.15. The predicted octanol–water partition coefficient (Wildman–Crippen LogP) is 1.85. The maximum Gasteiger partial charge on any atom is 0.387 e. The van der Waals surface area contributed by atoms with E-state index in [1.807, 2.05) is 11.9 Å². The summed E-state index contributed by atoms with van der Waals surface area (Å²) in [5.41, 5.74) is 0.888. The number of aliphatic imine (C=N–C) groups is 1. The van der Waals surface area contributed by atoms with Crippen LogP contribution in [0.25, 0.3) is 0 Å². The molecule has 0 aliphatic rings. The number of alkyl halides is 2. The lowest BCUT2D eigenvalue weighted by atomic mass is 10.2. The van der Waals surface area contributed by atoms with Crippen LogP contribution in [-0.4, -0.2) is 58.8 Å². The van der Waals surface area contributed by atoms with E-state index in [-0.39, 0.29) is 42.0 Å². The minimum Gasteiger partial charge on any atom is -0.435 e.